The molecule has 0 heterocycles. The van der Waals surface area contributed by atoms with Crippen molar-refractivity contribution in [1.82, 2.24) is 0 Å². The molecule has 0 bridgehead atoms. The number of hydrogen-bond acceptors (Lipinski definition) is 6. The minimum atomic E-state index is -0.383. The second-order valence-electron chi connectivity index (χ2n) is 4.05. The lowest BCUT2D eigenvalue weighted by molar-refractivity contribution is -0.162. The molecule has 6 nitrogen and oxygen atoms in total. The quantitative estimate of drug-likeness (QED) is 0.445. The first-order chi connectivity index (χ1) is 8.99. The number of rotatable bonds is 10. The Kier molecular flexibility index (Phi) is 10.1. The number of carbonyl (C=O) groups is 2. The van der Waals surface area contributed by atoms with Crippen molar-refractivity contribution in [2.45, 2.75) is 40.4 Å². The fourth-order valence-electron chi connectivity index (χ4n) is 1.48. The fraction of sp³-hybridized carbons (Fsp3) is 0.846. The predicted octanol–water partition coefficient (Wildman–Crippen LogP) is 1.52. The summed E-state index contributed by atoms with van der Waals surface area (Å²) in [5.41, 5.74) is 0. The van der Waals surface area contributed by atoms with Crippen molar-refractivity contribution < 1.29 is 28.5 Å². The second kappa shape index (κ2) is 10.8. The zero-order valence-electron chi connectivity index (χ0n) is 12.1. The van der Waals surface area contributed by atoms with Gasteiger partial charge < -0.3 is 18.9 Å². The molecule has 0 saturated carbocycles. The molecular weight excluding hydrogens is 252 g/mol. The van der Waals surface area contributed by atoms with Gasteiger partial charge in [-0.25, -0.2) is 0 Å². The minimum Gasteiger partial charge on any atom is -0.465 e. The Morgan fingerprint density at radius 3 is 1.63 bits per heavy atom. The molecule has 0 aliphatic rings. The summed E-state index contributed by atoms with van der Waals surface area (Å²) in [6.07, 6.45) is 0.119. The van der Waals surface area contributed by atoms with Crippen molar-refractivity contribution in [2.75, 3.05) is 26.4 Å². The van der Waals surface area contributed by atoms with Crippen LogP contribution in [-0.2, 0) is 28.5 Å². The van der Waals surface area contributed by atoms with Gasteiger partial charge in [-0.1, -0.05) is 0 Å². The maximum atomic E-state index is 10.8. The molecule has 0 amide bonds. The molecule has 0 fully saturated rings. The summed E-state index contributed by atoms with van der Waals surface area (Å²) in [5, 5.41) is 0. The molecule has 0 spiro atoms. The van der Waals surface area contributed by atoms with Crippen LogP contribution in [0.1, 0.15) is 34.1 Å². The van der Waals surface area contributed by atoms with Crippen LogP contribution in [0.4, 0.5) is 0 Å². The number of hydrogen-bond donors (Lipinski definition) is 0. The first-order valence-electron chi connectivity index (χ1n) is 6.49. The summed E-state index contributed by atoms with van der Waals surface area (Å²) < 4.78 is 20.8. The molecule has 0 saturated heterocycles. The third kappa shape index (κ3) is 10.5. The highest BCUT2D eigenvalue weighted by Crippen LogP contribution is 2.13. The lowest BCUT2D eigenvalue weighted by atomic mass is 10.1. The first kappa shape index (κ1) is 17.9. The van der Waals surface area contributed by atoms with E-state index in [2.05, 4.69) is 0 Å². The second-order valence-corrected chi connectivity index (χ2v) is 4.05. The average molecular weight is 276 g/mol. The van der Waals surface area contributed by atoms with Gasteiger partial charge in [0.1, 0.15) is 0 Å². The van der Waals surface area contributed by atoms with E-state index in [9.17, 15) is 9.59 Å². The van der Waals surface area contributed by atoms with E-state index in [1.54, 1.807) is 0 Å². The third-order valence-corrected chi connectivity index (χ3v) is 2.28. The Hall–Kier alpha value is -1.14. The van der Waals surface area contributed by atoms with Gasteiger partial charge >= 0.3 is 11.9 Å². The molecule has 6 heteroatoms. The number of ether oxygens (including phenoxy) is 4. The summed E-state index contributed by atoms with van der Waals surface area (Å²) in [6, 6.07) is 0. The maximum Gasteiger partial charge on any atom is 0.302 e. The van der Waals surface area contributed by atoms with Crippen molar-refractivity contribution in [3.8, 4) is 0 Å². The van der Waals surface area contributed by atoms with Crippen LogP contribution in [0.15, 0.2) is 0 Å². The number of carbonyl (C=O) groups excluding carboxylic acids is 2. The summed E-state index contributed by atoms with van der Waals surface area (Å²) in [4.78, 5) is 21.7. The van der Waals surface area contributed by atoms with Gasteiger partial charge in [-0.3, -0.25) is 9.59 Å². The Labute approximate surface area is 114 Å². The largest absolute Gasteiger partial charge is 0.465 e. The first-order valence-corrected chi connectivity index (χ1v) is 6.49. The minimum absolute atomic E-state index is 0.143. The van der Waals surface area contributed by atoms with Gasteiger partial charge in [0.05, 0.1) is 13.2 Å². The summed E-state index contributed by atoms with van der Waals surface area (Å²) >= 11 is 0. The van der Waals surface area contributed by atoms with Gasteiger partial charge in [0.2, 0.25) is 0 Å². The van der Waals surface area contributed by atoms with Crippen LogP contribution in [0.5, 0.6) is 0 Å². The maximum absolute atomic E-state index is 10.8. The van der Waals surface area contributed by atoms with Crippen molar-refractivity contribution in [3.63, 3.8) is 0 Å². The van der Waals surface area contributed by atoms with Gasteiger partial charge in [0, 0.05) is 39.4 Å². The molecule has 0 N–H and O–H groups in total. The van der Waals surface area contributed by atoms with E-state index >= 15 is 0 Å². The van der Waals surface area contributed by atoms with Crippen LogP contribution in [0.2, 0.25) is 0 Å². The molecule has 0 radical (unpaired) electrons. The van der Waals surface area contributed by atoms with Crippen LogP contribution in [0, 0.1) is 5.92 Å². The molecule has 0 aromatic heterocycles. The van der Waals surface area contributed by atoms with Crippen molar-refractivity contribution in [2.24, 2.45) is 5.92 Å². The molecule has 19 heavy (non-hydrogen) atoms. The fourth-order valence-corrected chi connectivity index (χ4v) is 1.48. The molecule has 0 rings (SSSR count). The highest BCUT2D eigenvalue weighted by molar-refractivity contribution is 5.66. The van der Waals surface area contributed by atoms with Crippen LogP contribution >= 0.6 is 0 Å². The van der Waals surface area contributed by atoms with Gasteiger partial charge in [0.25, 0.3) is 0 Å². The van der Waals surface area contributed by atoms with Gasteiger partial charge in [-0.05, 0) is 13.8 Å². The van der Waals surface area contributed by atoms with E-state index in [-0.39, 0.29) is 37.4 Å². The molecule has 0 unspecified atom stereocenters. The van der Waals surface area contributed by atoms with E-state index < -0.39 is 0 Å². The van der Waals surface area contributed by atoms with Crippen molar-refractivity contribution in [1.29, 1.82) is 0 Å². The highest BCUT2D eigenvalue weighted by Gasteiger charge is 2.19. The average Bonchev–Trinajstić information content (AvgIpc) is 2.32. The van der Waals surface area contributed by atoms with Crippen LogP contribution in [-0.4, -0.2) is 44.7 Å². The van der Waals surface area contributed by atoms with Crippen molar-refractivity contribution >= 4 is 11.9 Å². The highest BCUT2D eigenvalue weighted by atomic mass is 16.7. The van der Waals surface area contributed by atoms with Crippen LogP contribution in [0.25, 0.3) is 0 Å². The lowest BCUT2D eigenvalue weighted by Gasteiger charge is -2.22. The Morgan fingerprint density at radius 1 is 0.895 bits per heavy atom. The Balaban J connectivity index is 4.33. The SMILES string of the molecule is CCOC(CC(COC(C)=O)COC(C)=O)OCC. The monoisotopic (exact) mass is 276 g/mol. The smallest absolute Gasteiger partial charge is 0.302 e. The Bertz CT molecular complexity index is 242. The Morgan fingerprint density at radius 2 is 1.32 bits per heavy atom. The van der Waals surface area contributed by atoms with E-state index in [0.717, 1.165) is 0 Å². The zero-order valence-corrected chi connectivity index (χ0v) is 12.1. The molecule has 0 aliphatic heterocycles. The van der Waals surface area contributed by atoms with Gasteiger partial charge in [-0.15, -0.1) is 0 Å². The van der Waals surface area contributed by atoms with Gasteiger partial charge in [0.15, 0.2) is 6.29 Å². The van der Waals surface area contributed by atoms with E-state index in [4.69, 9.17) is 18.9 Å². The normalized spacial score (nSPS) is 10.8. The predicted molar refractivity (Wildman–Crippen MR) is 68.4 cm³/mol. The van der Waals surface area contributed by atoms with Crippen LogP contribution < -0.4 is 0 Å². The third-order valence-electron chi connectivity index (χ3n) is 2.28. The van der Waals surface area contributed by atoms with Crippen molar-refractivity contribution in [3.05, 3.63) is 0 Å². The molecule has 112 valence electrons. The van der Waals surface area contributed by atoms with Gasteiger partial charge in [-0.2, -0.15) is 0 Å². The summed E-state index contributed by atoms with van der Waals surface area (Å²) in [6.45, 7) is 7.84. The molecule has 0 atom stereocenters. The number of esters is 2. The van der Waals surface area contributed by atoms with E-state index in [0.29, 0.717) is 19.6 Å². The topological polar surface area (TPSA) is 71.1 Å². The summed E-state index contributed by atoms with van der Waals surface area (Å²) in [5.74, 6) is -0.870. The standard InChI is InChI=1S/C13H24O6/c1-5-16-13(17-6-2)7-12(8-18-10(3)14)9-19-11(4)15/h12-13H,5-9H2,1-4H3. The lowest BCUT2D eigenvalue weighted by Crippen LogP contribution is -2.27. The van der Waals surface area contributed by atoms with E-state index in [1.165, 1.54) is 13.8 Å². The zero-order chi connectivity index (χ0) is 14.7. The molecule has 0 aliphatic carbocycles. The molecule has 0 aromatic rings. The summed E-state index contributed by atoms with van der Waals surface area (Å²) in [7, 11) is 0. The molecule has 0 aromatic carbocycles. The van der Waals surface area contributed by atoms with Crippen LogP contribution in [0.3, 0.4) is 0 Å². The molecular formula is C13H24O6. The van der Waals surface area contributed by atoms with E-state index in [1.807, 2.05) is 13.8 Å².